The molecular formula is C40H49N3O6. The summed E-state index contributed by atoms with van der Waals surface area (Å²) in [4.78, 5) is 15.8. The third-order valence-corrected chi connectivity index (χ3v) is 11.7. The summed E-state index contributed by atoms with van der Waals surface area (Å²) >= 11 is 0. The van der Waals surface area contributed by atoms with Gasteiger partial charge in [-0.25, -0.2) is 4.79 Å². The van der Waals surface area contributed by atoms with Gasteiger partial charge in [-0.05, 0) is 109 Å². The number of anilines is 1. The number of rotatable bonds is 9. The second kappa shape index (κ2) is 13.6. The number of carbonyl (C=O) groups excluding carboxylic acids is 1. The molecule has 9 nitrogen and oxygen atoms in total. The average Bonchev–Trinajstić information content (AvgIpc) is 3.10. The largest absolute Gasteiger partial charge is 0.493 e. The minimum Gasteiger partial charge on any atom is -0.493 e. The molecule has 9 rings (SSSR count). The molecule has 3 atom stereocenters. The molecule has 0 aromatic heterocycles. The van der Waals surface area contributed by atoms with E-state index < -0.39 is 6.29 Å². The maximum Gasteiger partial charge on any atom is 0.319 e. The van der Waals surface area contributed by atoms with E-state index in [0.29, 0.717) is 6.42 Å². The first-order valence-electron chi connectivity index (χ1n) is 18.0. The molecule has 2 aliphatic heterocycles. The molecule has 9 heteroatoms. The predicted octanol–water partition coefficient (Wildman–Crippen LogP) is 6.89. The van der Waals surface area contributed by atoms with Crippen molar-refractivity contribution in [2.24, 2.45) is 17.8 Å². The highest BCUT2D eigenvalue weighted by Crippen LogP contribution is 2.55. The molecule has 2 amide bonds. The van der Waals surface area contributed by atoms with E-state index in [2.05, 4.69) is 27.7 Å². The number of hydrogen-bond donors (Lipinski definition) is 3. The van der Waals surface area contributed by atoms with Crippen molar-refractivity contribution in [3.05, 3.63) is 88.5 Å². The summed E-state index contributed by atoms with van der Waals surface area (Å²) in [5.41, 5.74) is 6.01. The van der Waals surface area contributed by atoms with Crippen LogP contribution in [0.2, 0.25) is 0 Å². The summed E-state index contributed by atoms with van der Waals surface area (Å²) < 4.78 is 24.5. The van der Waals surface area contributed by atoms with Gasteiger partial charge in [0.05, 0.1) is 33.0 Å². The van der Waals surface area contributed by atoms with Crippen molar-refractivity contribution in [3.8, 4) is 11.5 Å². The van der Waals surface area contributed by atoms with E-state index in [9.17, 15) is 9.90 Å². The quantitative estimate of drug-likeness (QED) is 0.229. The van der Waals surface area contributed by atoms with Crippen molar-refractivity contribution >= 4 is 11.7 Å². The van der Waals surface area contributed by atoms with Crippen LogP contribution in [0.1, 0.15) is 85.2 Å². The minimum atomic E-state index is -0.601. The Bertz CT molecular complexity index is 1620. The van der Waals surface area contributed by atoms with E-state index in [1.165, 1.54) is 30.4 Å². The van der Waals surface area contributed by atoms with Gasteiger partial charge in [-0.3, -0.25) is 4.90 Å². The van der Waals surface area contributed by atoms with E-state index in [-0.39, 0.29) is 30.4 Å². The maximum absolute atomic E-state index is 13.4. The summed E-state index contributed by atoms with van der Waals surface area (Å²) in [6.07, 6.45) is 8.12. The number of ether oxygens (including phenoxy) is 4. The number of methoxy groups -OCH3 is 2. The molecule has 0 radical (unpaired) electrons. The highest BCUT2D eigenvalue weighted by Gasteiger charge is 2.51. The lowest BCUT2D eigenvalue weighted by Gasteiger charge is -2.56. The molecule has 2 heterocycles. The molecule has 6 aliphatic rings. The number of urea groups is 1. The molecule has 3 N–H and O–H groups in total. The number of carbonyl (C=O) groups is 1. The summed E-state index contributed by atoms with van der Waals surface area (Å²) in [5, 5.41) is 16.2. The highest BCUT2D eigenvalue weighted by atomic mass is 16.7. The molecular weight excluding hydrogens is 618 g/mol. The molecule has 4 saturated carbocycles. The Balaban J connectivity index is 0.980. The fourth-order valence-electron chi connectivity index (χ4n) is 9.85. The van der Waals surface area contributed by atoms with Crippen LogP contribution in [0, 0.1) is 17.8 Å². The first-order chi connectivity index (χ1) is 23.9. The van der Waals surface area contributed by atoms with Gasteiger partial charge >= 0.3 is 6.03 Å². The molecule has 3 unspecified atom stereocenters. The van der Waals surface area contributed by atoms with E-state index in [4.69, 9.17) is 18.9 Å². The van der Waals surface area contributed by atoms with Gasteiger partial charge in [-0.1, -0.05) is 36.4 Å². The van der Waals surface area contributed by atoms with Crippen LogP contribution in [0.15, 0.2) is 60.7 Å². The molecule has 260 valence electrons. The Kier molecular flexibility index (Phi) is 9.03. The number of aliphatic hydroxyl groups is 1. The molecule has 49 heavy (non-hydrogen) atoms. The fraction of sp³-hybridized carbons (Fsp3) is 0.525. The number of aliphatic hydroxyl groups excluding tert-OH is 1. The number of nitrogens with zero attached hydrogens (tertiary/aromatic N) is 1. The normalized spacial score (nSPS) is 30.4. The van der Waals surface area contributed by atoms with Crippen molar-refractivity contribution < 1.29 is 28.8 Å². The SMILES string of the molecule is COc1cc2c(cc1OC)CN(CC1CC(c3ccc(CO)cc3)OC(c3cccc(NC(=O)NC45CC6CC(CC(C6)C4)C5)c3)O1)CC2. The van der Waals surface area contributed by atoms with Crippen LogP contribution < -0.4 is 20.1 Å². The van der Waals surface area contributed by atoms with Crippen LogP contribution in [0.4, 0.5) is 10.5 Å². The zero-order chi connectivity index (χ0) is 33.5. The van der Waals surface area contributed by atoms with Gasteiger partial charge in [0, 0.05) is 42.8 Å². The Morgan fingerprint density at radius 3 is 2.24 bits per heavy atom. The average molecular weight is 668 g/mol. The first-order valence-corrected chi connectivity index (χ1v) is 18.0. The molecule has 0 spiro atoms. The van der Waals surface area contributed by atoms with E-state index in [1.54, 1.807) is 14.2 Å². The zero-order valence-electron chi connectivity index (χ0n) is 28.7. The van der Waals surface area contributed by atoms with Crippen LogP contribution in [0.5, 0.6) is 11.5 Å². The van der Waals surface area contributed by atoms with Crippen LogP contribution in [0.25, 0.3) is 0 Å². The summed E-state index contributed by atoms with van der Waals surface area (Å²) in [6, 6.07) is 19.9. The van der Waals surface area contributed by atoms with Crippen LogP contribution in [-0.2, 0) is 29.0 Å². The van der Waals surface area contributed by atoms with E-state index >= 15 is 0 Å². The monoisotopic (exact) mass is 667 g/mol. The molecule has 4 bridgehead atoms. The van der Waals surface area contributed by atoms with Crippen LogP contribution >= 0.6 is 0 Å². The summed E-state index contributed by atoms with van der Waals surface area (Å²) in [6.45, 7) is 2.48. The summed E-state index contributed by atoms with van der Waals surface area (Å²) in [7, 11) is 3.35. The van der Waals surface area contributed by atoms with Crippen LogP contribution in [-0.4, -0.2) is 55.0 Å². The van der Waals surface area contributed by atoms with Gasteiger partial charge in [0.25, 0.3) is 0 Å². The van der Waals surface area contributed by atoms with Crippen molar-refractivity contribution in [2.75, 3.05) is 32.6 Å². The zero-order valence-corrected chi connectivity index (χ0v) is 28.7. The predicted molar refractivity (Wildman–Crippen MR) is 186 cm³/mol. The van der Waals surface area contributed by atoms with Gasteiger partial charge in [-0.2, -0.15) is 0 Å². The second-order valence-corrected chi connectivity index (χ2v) is 15.2. The highest BCUT2D eigenvalue weighted by molar-refractivity contribution is 5.90. The van der Waals surface area contributed by atoms with Gasteiger partial charge in [0.15, 0.2) is 17.8 Å². The smallest absolute Gasteiger partial charge is 0.319 e. The van der Waals surface area contributed by atoms with E-state index in [0.717, 1.165) is 96.9 Å². The lowest BCUT2D eigenvalue weighted by Crippen LogP contribution is -2.60. The Labute approximate surface area is 289 Å². The molecule has 3 aromatic carbocycles. The lowest BCUT2D eigenvalue weighted by atomic mass is 9.53. The fourth-order valence-corrected chi connectivity index (χ4v) is 9.85. The van der Waals surface area contributed by atoms with Gasteiger partial charge < -0.3 is 34.7 Å². The molecule has 4 aliphatic carbocycles. The lowest BCUT2D eigenvalue weighted by molar-refractivity contribution is -0.253. The third kappa shape index (κ3) is 6.91. The molecule has 1 saturated heterocycles. The minimum absolute atomic E-state index is 0.00346. The number of amides is 2. The Morgan fingerprint density at radius 1 is 0.878 bits per heavy atom. The number of nitrogens with one attached hydrogen (secondary N) is 2. The van der Waals surface area contributed by atoms with Gasteiger partial charge in [0.1, 0.15) is 0 Å². The standard InChI is InChI=1S/C40H49N3O6/c1-46-36-16-30-10-11-43(22-32(30)17-37(36)47-2)23-34-18-35(29-8-6-25(24-44)7-9-29)49-38(48-34)31-4-3-5-33(15-31)41-39(45)42-40-19-26-12-27(20-40)14-28(13-26)21-40/h3-9,15-17,26-28,34-35,38,44H,10-14,18-24H2,1-2H3,(H2,41,42,45). The summed E-state index contributed by atoms with van der Waals surface area (Å²) in [5.74, 6) is 3.81. The van der Waals surface area contributed by atoms with Crippen molar-refractivity contribution in [2.45, 2.75) is 88.6 Å². The van der Waals surface area contributed by atoms with Gasteiger partial charge in [0.2, 0.25) is 0 Å². The van der Waals surface area contributed by atoms with Crippen LogP contribution in [0.3, 0.4) is 0 Å². The Morgan fingerprint density at radius 2 is 1.57 bits per heavy atom. The van der Waals surface area contributed by atoms with Crippen molar-refractivity contribution in [1.29, 1.82) is 0 Å². The number of hydrogen-bond acceptors (Lipinski definition) is 7. The Hall–Kier alpha value is -3.63. The van der Waals surface area contributed by atoms with E-state index in [1.807, 2.05) is 48.5 Å². The maximum atomic E-state index is 13.4. The van der Waals surface area contributed by atoms with Crippen molar-refractivity contribution in [3.63, 3.8) is 0 Å². The first kappa shape index (κ1) is 32.6. The molecule has 3 aromatic rings. The second-order valence-electron chi connectivity index (χ2n) is 15.2. The topological polar surface area (TPSA) is 102 Å². The number of benzene rings is 3. The van der Waals surface area contributed by atoms with Crippen molar-refractivity contribution in [1.82, 2.24) is 10.2 Å². The third-order valence-electron chi connectivity index (χ3n) is 11.7. The molecule has 5 fully saturated rings. The van der Waals surface area contributed by atoms with Gasteiger partial charge in [-0.15, -0.1) is 0 Å². The number of fused-ring (bicyclic) bond motifs is 1.